The largest absolute Gasteiger partial charge is 0.481 e. The van der Waals surface area contributed by atoms with Crippen LogP contribution in [-0.4, -0.2) is 46.6 Å². The molecule has 1 atom stereocenters. The van der Waals surface area contributed by atoms with Gasteiger partial charge in [0.2, 0.25) is 0 Å². The van der Waals surface area contributed by atoms with Crippen molar-refractivity contribution in [2.24, 2.45) is 5.73 Å². The maximum absolute atomic E-state index is 13.2. The zero-order chi connectivity index (χ0) is 25.5. The van der Waals surface area contributed by atoms with Crippen LogP contribution in [0.4, 0.5) is 23.7 Å². The van der Waals surface area contributed by atoms with E-state index in [-0.39, 0.29) is 18.1 Å². The fraction of sp³-hybridized carbons (Fsp3) is 0.182. The van der Waals surface area contributed by atoms with Crippen LogP contribution in [0.15, 0.2) is 54.6 Å². The smallest absolute Gasteiger partial charge is 0.416 e. The van der Waals surface area contributed by atoms with Crippen LogP contribution in [-0.2, 0) is 15.8 Å². The standard InChI is InChI=1S/C22H21F3N4O5/c23-22(24,25)15-7-2-8-16(11-15)29(21(34)28-17(20(32)33)12-18(30)31)9-3-5-13-4-1-6-14(10-13)19(26)27/h1-8,10-11,17H,9,12H2,(H3,26,27)(H,28,34)(H,30,31)(H,32,33). The van der Waals surface area contributed by atoms with Gasteiger partial charge >= 0.3 is 24.1 Å². The summed E-state index contributed by atoms with van der Waals surface area (Å²) in [5.41, 5.74) is 5.26. The quantitative estimate of drug-likeness (QED) is 0.275. The second kappa shape index (κ2) is 11.0. The van der Waals surface area contributed by atoms with Gasteiger partial charge in [-0.15, -0.1) is 0 Å². The van der Waals surface area contributed by atoms with E-state index in [0.717, 1.165) is 23.1 Å². The number of nitrogen functional groups attached to an aromatic ring is 1. The number of nitrogens with two attached hydrogens (primary N) is 1. The van der Waals surface area contributed by atoms with Crippen molar-refractivity contribution in [3.8, 4) is 0 Å². The van der Waals surface area contributed by atoms with Gasteiger partial charge < -0.3 is 21.3 Å². The van der Waals surface area contributed by atoms with E-state index in [0.29, 0.717) is 11.1 Å². The van der Waals surface area contributed by atoms with Gasteiger partial charge in [0, 0.05) is 17.8 Å². The van der Waals surface area contributed by atoms with Gasteiger partial charge in [-0.25, -0.2) is 9.59 Å². The molecule has 2 rings (SSSR count). The maximum Gasteiger partial charge on any atom is 0.416 e. The molecule has 34 heavy (non-hydrogen) atoms. The molecule has 2 amide bonds. The highest BCUT2D eigenvalue weighted by Crippen LogP contribution is 2.31. The number of carbonyl (C=O) groups excluding carboxylic acids is 1. The molecule has 0 fully saturated rings. The number of amides is 2. The van der Waals surface area contributed by atoms with Crippen molar-refractivity contribution in [3.63, 3.8) is 0 Å². The summed E-state index contributed by atoms with van der Waals surface area (Å²) in [6.07, 6.45) is -2.64. The Labute approximate surface area is 191 Å². The van der Waals surface area contributed by atoms with E-state index in [1.54, 1.807) is 24.3 Å². The lowest BCUT2D eigenvalue weighted by molar-refractivity contribution is -0.145. The molecule has 0 aliphatic heterocycles. The first-order valence-corrected chi connectivity index (χ1v) is 9.69. The van der Waals surface area contributed by atoms with E-state index in [4.69, 9.17) is 16.2 Å². The third kappa shape index (κ3) is 7.36. The summed E-state index contributed by atoms with van der Waals surface area (Å²) in [6, 6.07) is 7.45. The molecule has 2 aromatic carbocycles. The molecule has 2 aromatic rings. The van der Waals surface area contributed by atoms with Crippen molar-refractivity contribution in [1.82, 2.24) is 5.32 Å². The minimum atomic E-state index is -4.69. The van der Waals surface area contributed by atoms with Gasteiger partial charge in [-0.2, -0.15) is 13.2 Å². The number of benzene rings is 2. The fourth-order valence-corrected chi connectivity index (χ4v) is 2.86. The van der Waals surface area contributed by atoms with E-state index in [9.17, 15) is 32.7 Å². The summed E-state index contributed by atoms with van der Waals surface area (Å²) in [4.78, 5) is 35.9. The number of rotatable bonds is 9. The highest BCUT2D eigenvalue weighted by molar-refractivity contribution is 5.96. The van der Waals surface area contributed by atoms with Crippen molar-refractivity contribution >= 4 is 35.6 Å². The molecule has 0 saturated carbocycles. The summed E-state index contributed by atoms with van der Waals surface area (Å²) in [6.45, 7) is -0.281. The first kappa shape index (κ1) is 25.9. The molecule has 180 valence electrons. The minimum Gasteiger partial charge on any atom is -0.481 e. The molecule has 0 bridgehead atoms. The summed E-state index contributed by atoms with van der Waals surface area (Å²) in [5.74, 6) is -3.27. The molecule has 6 N–H and O–H groups in total. The Balaban J connectivity index is 2.36. The fourth-order valence-electron chi connectivity index (χ4n) is 2.86. The van der Waals surface area contributed by atoms with Gasteiger partial charge in [-0.3, -0.25) is 15.1 Å². The van der Waals surface area contributed by atoms with Crippen molar-refractivity contribution in [3.05, 3.63) is 71.3 Å². The van der Waals surface area contributed by atoms with Crippen LogP contribution in [0.25, 0.3) is 6.08 Å². The van der Waals surface area contributed by atoms with E-state index < -0.39 is 42.2 Å². The number of hydrogen-bond donors (Lipinski definition) is 5. The Morgan fingerprint density at radius 3 is 2.38 bits per heavy atom. The first-order valence-electron chi connectivity index (χ1n) is 9.69. The number of nitrogens with one attached hydrogen (secondary N) is 2. The second-order valence-electron chi connectivity index (χ2n) is 7.04. The van der Waals surface area contributed by atoms with Crippen LogP contribution in [0.2, 0.25) is 0 Å². The normalized spacial score (nSPS) is 12.2. The first-order chi connectivity index (χ1) is 15.9. The number of aliphatic carboxylic acids is 2. The van der Waals surface area contributed by atoms with Crippen molar-refractivity contribution < 1.29 is 37.8 Å². The van der Waals surface area contributed by atoms with Crippen molar-refractivity contribution in [1.29, 1.82) is 5.41 Å². The Morgan fingerprint density at radius 2 is 1.79 bits per heavy atom. The summed E-state index contributed by atoms with van der Waals surface area (Å²) >= 11 is 0. The number of urea groups is 1. The summed E-state index contributed by atoms with van der Waals surface area (Å²) < 4.78 is 39.5. The lowest BCUT2D eigenvalue weighted by Crippen LogP contribution is -2.49. The van der Waals surface area contributed by atoms with Crippen molar-refractivity contribution in [2.45, 2.75) is 18.6 Å². The summed E-state index contributed by atoms with van der Waals surface area (Å²) in [5, 5.41) is 27.6. The number of halogens is 3. The highest BCUT2D eigenvalue weighted by Gasteiger charge is 2.32. The van der Waals surface area contributed by atoms with Crippen LogP contribution in [0.3, 0.4) is 0 Å². The van der Waals surface area contributed by atoms with Crippen LogP contribution in [0, 0.1) is 5.41 Å². The van der Waals surface area contributed by atoms with E-state index in [2.05, 4.69) is 0 Å². The van der Waals surface area contributed by atoms with Gasteiger partial charge in [-0.1, -0.05) is 36.4 Å². The van der Waals surface area contributed by atoms with Crippen LogP contribution < -0.4 is 16.0 Å². The zero-order valence-electron chi connectivity index (χ0n) is 17.5. The van der Waals surface area contributed by atoms with Gasteiger partial charge in [0.15, 0.2) is 0 Å². The topological polar surface area (TPSA) is 157 Å². The monoisotopic (exact) mass is 478 g/mol. The number of anilines is 1. The number of carboxylic acid groups (broad SMARTS) is 2. The molecule has 0 saturated heterocycles. The summed E-state index contributed by atoms with van der Waals surface area (Å²) in [7, 11) is 0. The van der Waals surface area contributed by atoms with Crippen LogP contribution in [0.5, 0.6) is 0 Å². The van der Waals surface area contributed by atoms with Gasteiger partial charge in [0.1, 0.15) is 11.9 Å². The number of nitrogens with zero attached hydrogens (tertiary/aromatic N) is 1. The Kier molecular flexibility index (Phi) is 8.37. The predicted octanol–water partition coefficient (Wildman–Crippen LogP) is 3.15. The highest BCUT2D eigenvalue weighted by atomic mass is 19.4. The average Bonchev–Trinajstić information content (AvgIpc) is 2.75. The molecule has 0 aromatic heterocycles. The molecular formula is C22H21F3N4O5. The molecule has 1 unspecified atom stereocenters. The molecule has 0 aliphatic carbocycles. The number of hydrogen-bond acceptors (Lipinski definition) is 4. The van der Waals surface area contributed by atoms with E-state index >= 15 is 0 Å². The Bertz CT molecular complexity index is 1120. The molecule has 0 heterocycles. The molecule has 0 spiro atoms. The minimum absolute atomic E-state index is 0.168. The Hall–Kier alpha value is -4.35. The van der Waals surface area contributed by atoms with E-state index in [1.165, 1.54) is 18.2 Å². The predicted molar refractivity (Wildman–Crippen MR) is 117 cm³/mol. The molecule has 0 aliphatic rings. The lowest BCUT2D eigenvalue weighted by atomic mass is 10.1. The lowest BCUT2D eigenvalue weighted by Gasteiger charge is -2.24. The number of amidine groups is 1. The number of alkyl halides is 3. The maximum atomic E-state index is 13.2. The number of carbonyl (C=O) groups is 3. The zero-order valence-corrected chi connectivity index (χ0v) is 17.5. The second-order valence-corrected chi connectivity index (χ2v) is 7.04. The molecule has 9 nitrogen and oxygen atoms in total. The van der Waals surface area contributed by atoms with Crippen molar-refractivity contribution in [2.75, 3.05) is 11.4 Å². The van der Waals surface area contributed by atoms with Gasteiger partial charge in [0.25, 0.3) is 0 Å². The molecule has 0 radical (unpaired) electrons. The number of carboxylic acids is 2. The average molecular weight is 478 g/mol. The molecular weight excluding hydrogens is 457 g/mol. The van der Waals surface area contributed by atoms with Crippen LogP contribution in [0.1, 0.15) is 23.1 Å². The SMILES string of the molecule is N=C(N)c1cccc(C=CCN(C(=O)NC(CC(=O)O)C(=O)O)c2cccc(C(F)(F)F)c2)c1. The third-order valence-corrected chi connectivity index (χ3v) is 4.50. The third-order valence-electron chi connectivity index (χ3n) is 4.50. The van der Waals surface area contributed by atoms with E-state index in [1.807, 2.05) is 5.32 Å². The van der Waals surface area contributed by atoms with Gasteiger partial charge in [-0.05, 0) is 29.8 Å². The van der Waals surface area contributed by atoms with Crippen LogP contribution >= 0.6 is 0 Å². The van der Waals surface area contributed by atoms with Gasteiger partial charge in [0.05, 0.1) is 12.0 Å². The molecule has 12 heteroatoms. The Morgan fingerprint density at radius 1 is 1.12 bits per heavy atom.